The van der Waals surface area contributed by atoms with Crippen LogP contribution in [0, 0.1) is 0 Å². The maximum atomic E-state index is 5.99. The third-order valence-corrected chi connectivity index (χ3v) is 3.77. The number of benzene rings is 2. The Morgan fingerprint density at radius 3 is 2.62 bits per heavy atom. The third-order valence-electron chi connectivity index (χ3n) is 3.52. The smallest absolute Gasteiger partial charge is 0.166 e. The first-order chi connectivity index (χ1) is 10.3. The molecule has 2 aromatic carbocycles. The van der Waals surface area contributed by atoms with Crippen LogP contribution >= 0.6 is 11.6 Å². The van der Waals surface area contributed by atoms with Gasteiger partial charge in [0, 0.05) is 10.6 Å². The van der Waals surface area contributed by atoms with Gasteiger partial charge in [-0.1, -0.05) is 42.8 Å². The van der Waals surface area contributed by atoms with E-state index in [1.165, 1.54) is 0 Å². The summed E-state index contributed by atoms with van der Waals surface area (Å²) in [5.41, 5.74) is 2.25. The topological polar surface area (TPSA) is 30.5 Å². The van der Waals surface area contributed by atoms with Crippen LogP contribution in [0.3, 0.4) is 0 Å². The summed E-state index contributed by atoms with van der Waals surface area (Å²) < 4.78 is 11.5. The number of para-hydroxylation sites is 1. The minimum Gasteiger partial charge on any atom is -0.486 e. The quantitative estimate of drug-likeness (QED) is 0.931. The summed E-state index contributed by atoms with van der Waals surface area (Å²) in [6.45, 7) is 4.14. The first kappa shape index (κ1) is 14.2. The number of rotatable bonds is 4. The molecule has 0 saturated carbocycles. The number of ether oxygens (including phenoxy) is 2. The molecule has 1 unspecified atom stereocenters. The molecule has 3 rings (SSSR count). The van der Waals surface area contributed by atoms with E-state index in [0.717, 1.165) is 34.2 Å². The molecule has 2 aromatic rings. The zero-order chi connectivity index (χ0) is 14.7. The number of fused-ring (bicyclic) bond motifs is 1. The molecule has 0 aliphatic carbocycles. The van der Waals surface area contributed by atoms with Crippen LogP contribution in [0.25, 0.3) is 0 Å². The second kappa shape index (κ2) is 6.37. The Morgan fingerprint density at radius 1 is 1.10 bits per heavy atom. The molecule has 0 amide bonds. The molecular formula is C17H18ClNO2. The second-order valence-corrected chi connectivity index (χ2v) is 5.35. The summed E-state index contributed by atoms with van der Waals surface area (Å²) in [5, 5.41) is 4.25. The highest BCUT2D eigenvalue weighted by molar-refractivity contribution is 6.30. The molecule has 0 radical (unpaired) electrons. The summed E-state index contributed by atoms with van der Waals surface area (Å²) in [6.07, 6.45) is 0. The Balaban J connectivity index is 2.03. The summed E-state index contributed by atoms with van der Waals surface area (Å²) in [6, 6.07) is 14.0. The average molecular weight is 304 g/mol. The maximum absolute atomic E-state index is 5.99. The van der Waals surface area contributed by atoms with Crippen LogP contribution in [0.1, 0.15) is 24.1 Å². The Bertz CT molecular complexity index is 613. The van der Waals surface area contributed by atoms with Gasteiger partial charge in [-0.05, 0) is 30.3 Å². The Morgan fingerprint density at radius 2 is 1.86 bits per heavy atom. The summed E-state index contributed by atoms with van der Waals surface area (Å²) in [4.78, 5) is 0. The van der Waals surface area contributed by atoms with Crippen molar-refractivity contribution in [3.63, 3.8) is 0 Å². The molecule has 0 saturated heterocycles. The zero-order valence-electron chi connectivity index (χ0n) is 11.9. The van der Waals surface area contributed by atoms with Gasteiger partial charge in [-0.2, -0.15) is 0 Å². The van der Waals surface area contributed by atoms with Crippen LogP contribution < -0.4 is 14.8 Å². The van der Waals surface area contributed by atoms with Gasteiger partial charge in [-0.15, -0.1) is 0 Å². The van der Waals surface area contributed by atoms with Gasteiger partial charge in [0.25, 0.3) is 0 Å². The number of nitrogens with one attached hydrogen (secondary N) is 1. The van der Waals surface area contributed by atoms with E-state index in [0.29, 0.717) is 13.2 Å². The van der Waals surface area contributed by atoms with Crippen molar-refractivity contribution in [2.45, 2.75) is 13.0 Å². The van der Waals surface area contributed by atoms with Crippen molar-refractivity contribution in [2.75, 3.05) is 19.8 Å². The fourth-order valence-electron chi connectivity index (χ4n) is 2.59. The first-order valence-electron chi connectivity index (χ1n) is 7.17. The summed E-state index contributed by atoms with van der Waals surface area (Å²) >= 11 is 5.99. The fraction of sp³-hybridized carbons (Fsp3) is 0.294. The summed E-state index contributed by atoms with van der Waals surface area (Å²) in [7, 11) is 0. The van der Waals surface area contributed by atoms with E-state index in [-0.39, 0.29) is 6.04 Å². The van der Waals surface area contributed by atoms with Crippen molar-refractivity contribution < 1.29 is 9.47 Å². The predicted octanol–water partition coefficient (Wildman–Crippen LogP) is 3.81. The minimum absolute atomic E-state index is 0.0592. The van der Waals surface area contributed by atoms with Crippen LogP contribution in [-0.2, 0) is 0 Å². The Hall–Kier alpha value is -1.71. The highest BCUT2D eigenvalue weighted by Gasteiger charge is 2.22. The molecule has 1 aliphatic heterocycles. The lowest BCUT2D eigenvalue weighted by Crippen LogP contribution is -2.24. The third kappa shape index (κ3) is 2.99. The molecular weight excluding hydrogens is 286 g/mol. The molecule has 1 N–H and O–H groups in total. The standard InChI is InChI=1S/C17H18ClNO2/c1-2-19-16(12-6-8-13(18)9-7-12)14-4-3-5-15-17(14)21-11-10-20-15/h3-9,16,19H,2,10-11H2,1H3. The molecule has 1 atom stereocenters. The summed E-state index contributed by atoms with van der Waals surface area (Å²) in [5.74, 6) is 1.65. The van der Waals surface area contributed by atoms with E-state index >= 15 is 0 Å². The van der Waals surface area contributed by atoms with Gasteiger partial charge in [0.1, 0.15) is 13.2 Å². The van der Waals surface area contributed by atoms with Crippen molar-refractivity contribution in [1.29, 1.82) is 0 Å². The second-order valence-electron chi connectivity index (χ2n) is 4.91. The largest absolute Gasteiger partial charge is 0.486 e. The Kier molecular flexibility index (Phi) is 4.32. The van der Waals surface area contributed by atoms with Gasteiger partial charge in [0.2, 0.25) is 0 Å². The van der Waals surface area contributed by atoms with Gasteiger partial charge in [0.15, 0.2) is 11.5 Å². The predicted molar refractivity (Wildman–Crippen MR) is 84.4 cm³/mol. The van der Waals surface area contributed by atoms with Crippen molar-refractivity contribution in [1.82, 2.24) is 5.32 Å². The van der Waals surface area contributed by atoms with E-state index < -0.39 is 0 Å². The van der Waals surface area contributed by atoms with E-state index in [4.69, 9.17) is 21.1 Å². The fourth-order valence-corrected chi connectivity index (χ4v) is 2.72. The van der Waals surface area contributed by atoms with Crippen LogP contribution in [0.15, 0.2) is 42.5 Å². The first-order valence-corrected chi connectivity index (χ1v) is 7.54. The average Bonchev–Trinajstić information content (AvgIpc) is 2.53. The van der Waals surface area contributed by atoms with E-state index in [2.05, 4.69) is 18.3 Å². The molecule has 0 fully saturated rings. The van der Waals surface area contributed by atoms with Crippen LogP contribution in [0.2, 0.25) is 5.02 Å². The number of hydrogen-bond acceptors (Lipinski definition) is 3. The van der Waals surface area contributed by atoms with Crippen LogP contribution in [0.5, 0.6) is 11.5 Å². The SMILES string of the molecule is CCNC(c1ccc(Cl)cc1)c1cccc2c1OCCO2. The van der Waals surface area contributed by atoms with Crippen molar-refractivity contribution in [2.24, 2.45) is 0 Å². The lowest BCUT2D eigenvalue weighted by molar-refractivity contribution is 0.169. The molecule has 1 heterocycles. The van der Waals surface area contributed by atoms with E-state index in [1.807, 2.05) is 36.4 Å². The minimum atomic E-state index is 0.0592. The highest BCUT2D eigenvalue weighted by Crippen LogP contribution is 2.39. The van der Waals surface area contributed by atoms with Gasteiger partial charge in [-0.25, -0.2) is 0 Å². The van der Waals surface area contributed by atoms with Crippen molar-refractivity contribution in [3.8, 4) is 11.5 Å². The lowest BCUT2D eigenvalue weighted by atomic mass is 9.97. The van der Waals surface area contributed by atoms with Crippen molar-refractivity contribution >= 4 is 11.6 Å². The van der Waals surface area contributed by atoms with Gasteiger partial charge in [0.05, 0.1) is 6.04 Å². The van der Waals surface area contributed by atoms with Gasteiger partial charge < -0.3 is 14.8 Å². The van der Waals surface area contributed by atoms with Gasteiger partial charge in [-0.3, -0.25) is 0 Å². The number of halogens is 1. The maximum Gasteiger partial charge on any atom is 0.166 e. The lowest BCUT2D eigenvalue weighted by Gasteiger charge is -2.26. The molecule has 0 bridgehead atoms. The molecule has 0 spiro atoms. The number of hydrogen-bond donors (Lipinski definition) is 1. The molecule has 4 heteroatoms. The Labute approximate surface area is 129 Å². The monoisotopic (exact) mass is 303 g/mol. The highest BCUT2D eigenvalue weighted by atomic mass is 35.5. The molecule has 1 aliphatic rings. The van der Waals surface area contributed by atoms with Crippen LogP contribution in [0.4, 0.5) is 0 Å². The zero-order valence-corrected chi connectivity index (χ0v) is 12.7. The molecule has 110 valence electrons. The molecule has 0 aromatic heterocycles. The molecule has 3 nitrogen and oxygen atoms in total. The molecule has 21 heavy (non-hydrogen) atoms. The normalized spacial score (nSPS) is 14.8. The van der Waals surface area contributed by atoms with Crippen LogP contribution in [-0.4, -0.2) is 19.8 Å². The van der Waals surface area contributed by atoms with Crippen molar-refractivity contribution in [3.05, 3.63) is 58.6 Å². The van der Waals surface area contributed by atoms with Gasteiger partial charge >= 0.3 is 0 Å². The van der Waals surface area contributed by atoms with E-state index in [1.54, 1.807) is 0 Å². The van der Waals surface area contributed by atoms with E-state index in [9.17, 15) is 0 Å².